The highest BCUT2D eigenvalue weighted by Gasteiger charge is 2.21. The summed E-state index contributed by atoms with van der Waals surface area (Å²) in [5.74, 6) is 0.343. The van der Waals surface area contributed by atoms with Crippen molar-refractivity contribution in [3.8, 4) is 0 Å². The molecule has 0 radical (unpaired) electrons. The van der Waals surface area contributed by atoms with Crippen LogP contribution in [0.25, 0.3) is 0 Å². The van der Waals surface area contributed by atoms with E-state index in [1.54, 1.807) is 0 Å². The first kappa shape index (κ1) is 11.9. The number of nitrogens with two attached hydrogens (primary N) is 2. The van der Waals surface area contributed by atoms with Gasteiger partial charge in [0.25, 0.3) is 0 Å². The van der Waals surface area contributed by atoms with Crippen LogP contribution in [0.4, 0.5) is 5.69 Å². The van der Waals surface area contributed by atoms with Crippen molar-refractivity contribution in [2.45, 2.75) is 18.8 Å². The topological polar surface area (TPSA) is 72.4 Å². The van der Waals surface area contributed by atoms with Gasteiger partial charge in [-0.2, -0.15) is 0 Å². The fourth-order valence-electron chi connectivity index (χ4n) is 2.41. The number of primary amides is 1. The Hall–Kier alpha value is -1.55. The Morgan fingerprint density at radius 2 is 1.82 bits per heavy atom. The largest absolute Gasteiger partial charge is 0.399 e. The van der Waals surface area contributed by atoms with Crippen LogP contribution in [-0.2, 0) is 4.79 Å². The maximum Gasteiger partial charge on any atom is 0.231 e. The number of nitrogen functional groups attached to an aromatic ring is 1. The van der Waals surface area contributed by atoms with Crippen molar-refractivity contribution in [3.63, 3.8) is 0 Å². The minimum atomic E-state index is -0.240. The summed E-state index contributed by atoms with van der Waals surface area (Å²) in [7, 11) is 0. The van der Waals surface area contributed by atoms with Gasteiger partial charge in [-0.25, -0.2) is 0 Å². The average Bonchev–Trinajstić information content (AvgIpc) is 2.30. The molecule has 0 aromatic heterocycles. The van der Waals surface area contributed by atoms with Crippen LogP contribution in [0.3, 0.4) is 0 Å². The van der Waals surface area contributed by atoms with Crippen molar-refractivity contribution < 1.29 is 4.79 Å². The molecule has 0 atom stereocenters. The van der Waals surface area contributed by atoms with E-state index in [-0.39, 0.29) is 5.91 Å². The summed E-state index contributed by atoms with van der Waals surface area (Å²) >= 11 is 0. The number of rotatable bonds is 3. The van der Waals surface area contributed by atoms with Crippen molar-refractivity contribution in [1.82, 2.24) is 4.90 Å². The van der Waals surface area contributed by atoms with Gasteiger partial charge >= 0.3 is 0 Å². The molecule has 1 heterocycles. The van der Waals surface area contributed by atoms with Gasteiger partial charge in [0.2, 0.25) is 5.91 Å². The summed E-state index contributed by atoms with van der Waals surface area (Å²) in [6.45, 7) is 2.27. The van der Waals surface area contributed by atoms with E-state index < -0.39 is 0 Å². The third-order valence-corrected chi connectivity index (χ3v) is 3.37. The molecule has 1 aromatic rings. The van der Waals surface area contributed by atoms with Crippen molar-refractivity contribution in [3.05, 3.63) is 29.8 Å². The minimum absolute atomic E-state index is 0.240. The molecule has 4 N–H and O–H groups in total. The van der Waals surface area contributed by atoms with Gasteiger partial charge in [-0.15, -0.1) is 0 Å². The third-order valence-electron chi connectivity index (χ3n) is 3.37. The molecule has 1 aliphatic rings. The molecule has 0 saturated carbocycles. The lowest BCUT2D eigenvalue weighted by molar-refractivity contribution is -0.119. The minimum Gasteiger partial charge on any atom is -0.399 e. The molecule has 0 bridgehead atoms. The highest BCUT2D eigenvalue weighted by molar-refractivity contribution is 5.75. The molecule has 1 aromatic carbocycles. The van der Waals surface area contributed by atoms with Gasteiger partial charge in [0.15, 0.2) is 0 Å². The zero-order valence-electron chi connectivity index (χ0n) is 9.93. The Morgan fingerprint density at radius 3 is 2.35 bits per heavy atom. The van der Waals surface area contributed by atoms with Crippen LogP contribution in [0.5, 0.6) is 0 Å². The fraction of sp³-hybridized carbons (Fsp3) is 0.462. The first-order chi connectivity index (χ1) is 8.15. The van der Waals surface area contributed by atoms with Crippen LogP contribution in [0.2, 0.25) is 0 Å². The Labute approximate surface area is 102 Å². The number of carbonyl (C=O) groups excluding carboxylic acids is 1. The quantitative estimate of drug-likeness (QED) is 0.763. The smallest absolute Gasteiger partial charge is 0.231 e. The number of piperidine rings is 1. The number of hydrogen-bond donors (Lipinski definition) is 2. The van der Waals surface area contributed by atoms with E-state index in [1.165, 1.54) is 5.56 Å². The second-order valence-corrected chi connectivity index (χ2v) is 4.68. The zero-order valence-corrected chi connectivity index (χ0v) is 9.93. The number of anilines is 1. The Morgan fingerprint density at radius 1 is 1.24 bits per heavy atom. The van der Waals surface area contributed by atoms with Crippen LogP contribution in [0.1, 0.15) is 24.3 Å². The highest BCUT2D eigenvalue weighted by atomic mass is 16.1. The fourth-order valence-corrected chi connectivity index (χ4v) is 2.41. The predicted molar refractivity (Wildman–Crippen MR) is 68.5 cm³/mol. The molecule has 0 spiro atoms. The maximum atomic E-state index is 10.8. The molecule has 1 aliphatic heterocycles. The molecule has 1 amide bonds. The van der Waals surface area contributed by atoms with Crippen LogP contribution >= 0.6 is 0 Å². The number of carbonyl (C=O) groups is 1. The van der Waals surface area contributed by atoms with Crippen molar-refractivity contribution >= 4 is 11.6 Å². The molecule has 2 rings (SSSR count). The van der Waals surface area contributed by atoms with E-state index in [4.69, 9.17) is 11.5 Å². The predicted octanol–water partition coefficient (Wildman–Crippen LogP) is 0.933. The summed E-state index contributed by atoms with van der Waals surface area (Å²) in [6.07, 6.45) is 2.16. The van der Waals surface area contributed by atoms with Gasteiger partial charge in [0.05, 0.1) is 6.54 Å². The van der Waals surface area contributed by atoms with Gasteiger partial charge in [0, 0.05) is 5.69 Å². The van der Waals surface area contributed by atoms with Crippen LogP contribution in [0.15, 0.2) is 24.3 Å². The highest BCUT2D eigenvalue weighted by Crippen LogP contribution is 2.28. The second-order valence-electron chi connectivity index (χ2n) is 4.68. The van der Waals surface area contributed by atoms with Gasteiger partial charge in [-0.05, 0) is 49.5 Å². The maximum absolute atomic E-state index is 10.8. The summed E-state index contributed by atoms with van der Waals surface area (Å²) in [6, 6.07) is 8.10. The number of likely N-dealkylation sites (tertiary alicyclic amines) is 1. The van der Waals surface area contributed by atoms with Gasteiger partial charge in [-0.3, -0.25) is 9.69 Å². The molecule has 1 saturated heterocycles. The van der Waals surface area contributed by atoms with Crippen LogP contribution in [0, 0.1) is 0 Å². The van der Waals surface area contributed by atoms with E-state index in [1.807, 2.05) is 12.1 Å². The van der Waals surface area contributed by atoms with E-state index in [0.717, 1.165) is 31.6 Å². The monoisotopic (exact) mass is 233 g/mol. The van der Waals surface area contributed by atoms with Crippen molar-refractivity contribution in [2.24, 2.45) is 5.73 Å². The third kappa shape index (κ3) is 3.20. The molecule has 0 unspecified atom stereocenters. The summed E-state index contributed by atoms with van der Waals surface area (Å²) < 4.78 is 0. The molecule has 17 heavy (non-hydrogen) atoms. The zero-order chi connectivity index (χ0) is 12.3. The first-order valence-electron chi connectivity index (χ1n) is 6.01. The molecule has 4 nitrogen and oxygen atoms in total. The number of benzene rings is 1. The lowest BCUT2D eigenvalue weighted by atomic mass is 9.89. The SMILES string of the molecule is NC(=O)CN1CCC(c2ccc(N)cc2)CC1. The second kappa shape index (κ2) is 5.19. The summed E-state index contributed by atoms with van der Waals surface area (Å²) in [4.78, 5) is 12.9. The molecule has 0 aliphatic carbocycles. The van der Waals surface area contributed by atoms with E-state index >= 15 is 0 Å². The molecular weight excluding hydrogens is 214 g/mol. The number of amides is 1. The normalized spacial score (nSPS) is 18.1. The standard InChI is InChI=1S/C13H19N3O/c14-12-3-1-10(2-4-12)11-5-7-16(8-6-11)9-13(15)17/h1-4,11H,5-9,14H2,(H2,15,17). The molecule has 1 fully saturated rings. The molecule has 92 valence electrons. The molecular formula is C13H19N3O. The van der Waals surface area contributed by atoms with Crippen LogP contribution < -0.4 is 11.5 Å². The lowest BCUT2D eigenvalue weighted by Gasteiger charge is -2.31. The van der Waals surface area contributed by atoms with Crippen molar-refractivity contribution in [2.75, 3.05) is 25.4 Å². The summed E-state index contributed by atoms with van der Waals surface area (Å²) in [5.41, 5.74) is 13.0. The number of hydrogen-bond acceptors (Lipinski definition) is 3. The van der Waals surface area contributed by atoms with E-state index in [9.17, 15) is 4.79 Å². The van der Waals surface area contributed by atoms with Gasteiger partial charge < -0.3 is 11.5 Å². The molecule has 4 heteroatoms. The van der Waals surface area contributed by atoms with Crippen molar-refractivity contribution in [1.29, 1.82) is 0 Å². The first-order valence-corrected chi connectivity index (χ1v) is 6.01. The lowest BCUT2D eigenvalue weighted by Crippen LogP contribution is -2.39. The average molecular weight is 233 g/mol. The van der Waals surface area contributed by atoms with E-state index in [0.29, 0.717) is 12.5 Å². The summed E-state index contributed by atoms with van der Waals surface area (Å²) in [5, 5.41) is 0. The van der Waals surface area contributed by atoms with Crippen LogP contribution in [-0.4, -0.2) is 30.4 Å². The Bertz CT molecular complexity index is 380. The van der Waals surface area contributed by atoms with Gasteiger partial charge in [0.1, 0.15) is 0 Å². The van der Waals surface area contributed by atoms with Gasteiger partial charge in [-0.1, -0.05) is 12.1 Å². The Kier molecular flexibility index (Phi) is 3.64. The number of nitrogens with zero attached hydrogens (tertiary/aromatic N) is 1. The van der Waals surface area contributed by atoms with E-state index in [2.05, 4.69) is 17.0 Å². The Balaban J connectivity index is 1.90.